The normalized spacial score (nSPS) is 22.9. The molecule has 4 aliphatic rings. The third-order valence-electron chi connectivity index (χ3n) is 13.0. The van der Waals surface area contributed by atoms with Crippen LogP contribution in [0.25, 0.3) is 0 Å². The van der Waals surface area contributed by atoms with Gasteiger partial charge in [0.05, 0.1) is 29.8 Å². The number of allylic oxidation sites excluding steroid dienone is 1. The van der Waals surface area contributed by atoms with Crippen molar-refractivity contribution in [1.29, 1.82) is 0 Å². The van der Waals surface area contributed by atoms with Crippen LogP contribution in [0.2, 0.25) is 0 Å². The van der Waals surface area contributed by atoms with Crippen LogP contribution in [-0.2, 0) is 16.2 Å². The Bertz CT molecular complexity index is 2400. The summed E-state index contributed by atoms with van der Waals surface area (Å²) in [5.41, 5.74) is 3.53. The van der Waals surface area contributed by atoms with Gasteiger partial charge in [-0.05, 0) is 109 Å². The summed E-state index contributed by atoms with van der Waals surface area (Å²) in [4.78, 5) is 34.7. The molecular weight excluding hydrogens is 863 g/mol. The number of nitro benzene ring substituents is 1. The quantitative estimate of drug-likeness (QED) is 0.0252. The number of unbranched alkanes of at least 4 members (excludes halogenated alkanes) is 2. The molecule has 66 heavy (non-hydrogen) atoms. The number of nitrogens with zero attached hydrogens (tertiary/aromatic N) is 3. The van der Waals surface area contributed by atoms with Crippen molar-refractivity contribution in [2.24, 2.45) is 22.9 Å². The average Bonchev–Trinajstić information content (AvgIpc) is 3.82. The largest absolute Gasteiger partial charge is 0.493 e. The first-order valence-corrected chi connectivity index (χ1v) is 23.6. The number of likely N-dealkylation sites (N-methyl/N-ethyl adjacent to an activating group) is 1. The number of aliphatic hydroxyl groups is 2. The smallest absolute Gasteiger partial charge is 0.269 e. The first-order valence-electron chi connectivity index (χ1n) is 22.7. The van der Waals surface area contributed by atoms with Gasteiger partial charge in [0.25, 0.3) is 11.6 Å². The van der Waals surface area contributed by atoms with Crippen LogP contribution < -0.4 is 18.9 Å². The standard InChI is InChI=1S/C51H57N3O11S/c1-3-25-63-51-47(53(2)50(57)36-17-21-45-46(29-36)62-33-61-45)31-43(52-64-32-34-15-18-37(19-16-34)54(58)59)41-28-35(11-7-9-23-55)40(14-8-10-24-56)48(49(41)51)42-30-38(20-22-44(42)65-51)60-26-27-66-39-12-5-4-6-13-39/h3-6,12-13,15-22,28-30,35,40,47-49,55-56H,1,7-11,14,23-27,31-33H2,2H3. The monoisotopic (exact) mass is 919 g/mol. The minimum absolute atomic E-state index is 0.0254. The first-order chi connectivity index (χ1) is 32.2. The number of oxime groups is 1. The van der Waals surface area contributed by atoms with Crippen LogP contribution in [0.15, 0.2) is 125 Å². The van der Waals surface area contributed by atoms with Crippen molar-refractivity contribution < 1.29 is 48.5 Å². The van der Waals surface area contributed by atoms with Crippen molar-refractivity contribution in [3.63, 3.8) is 0 Å². The van der Waals surface area contributed by atoms with Gasteiger partial charge in [-0.1, -0.05) is 48.3 Å². The average molecular weight is 920 g/mol. The van der Waals surface area contributed by atoms with E-state index in [0.717, 1.165) is 42.6 Å². The van der Waals surface area contributed by atoms with E-state index >= 15 is 0 Å². The molecule has 2 aliphatic carbocycles. The Hall–Kier alpha value is -5.87. The predicted octanol–water partition coefficient (Wildman–Crippen LogP) is 9.10. The van der Waals surface area contributed by atoms with E-state index in [1.165, 1.54) is 17.0 Å². The molecule has 4 aromatic carbocycles. The van der Waals surface area contributed by atoms with Crippen LogP contribution >= 0.6 is 11.8 Å². The van der Waals surface area contributed by atoms with E-state index in [1.54, 1.807) is 60.1 Å². The molecule has 0 radical (unpaired) electrons. The van der Waals surface area contributed by atoms with E-state index < -0.39 is 22.7 Å². The molecule has 1 saturated carbocycles. The summed E-state index contributed by atoms with van der Waals surface area (Å²) in [6.07, 6.45) is 8.59. The van der Waals surface area contributed by atoms with Gasteiger partial charge in [-0.25, -0.2) is 0 Å². The van der Waals surface area contributed by atoms with E-state index in [0.29, 0.717) is 59.3 Å². The second-order valence-corrected chi connectivity index (χ2v) is 18.1. The van der Waals surface area contributed by atoms with Crippen LogP contribution in [0.5, 0.6) is 23.0 Å². The van der Waals surface area contributed by atoms with Crippen molar-refractivity contribution in [3.8, 4) is 23.0 Å². The van der Waals surface area contributed by atoms with Crippen molar-refractivity contribution in [2.45, 2.75) is 74.2 Å². The number of hydrogen-bond acceptors (Lipinski definition) is 13. The number of fused-ring (bicyclic) bond motifs is 3. The number of hydrogen-bond donors (Lipinski definition) is 2. The Morgan fingerprint density at radius 2 is 1.73 bits per heavy atom. The number of aliphatic hydroxyl groups excluding tert-OH is 2. The molecule has 6 atom stereocenters. The molecule has 15 heteroatoms. The van der Waals surface area contributed by atoms with E-state index in [4.69, 9.17) is 33.7 Å². The Balaban J connectivity index is 1.24. The Kier molecular flexibility index (Phi) is 15.3. The number of rotatable bonds is 22. The molecule has 0 aromatic heterocycles. The summed E-state index contributed by atoms with van der Waals surface area (Å²) in [5, 5.41) is 36.2. The van der Waals surface area contributed by atoms with Gasteiger partial charge in [-0.15, -0.1) is 18.3 Å². The number of amides is 1. The number of nitro groups is 1. The maximum absolute atomic E-state index is 14.8. The number of non-ortho nitro benzene ring substituents is 1. The third-order valence-corrected chi connectivity index (χ3v) is 13.9. The van der Waals surface area contributed by atoms with Crippen molar-refractivity contribution in [1.82, 2.24) is 4.90 Å². The highest BCUT2D eigenvalue weighted by atomic mass is 32.2. The number of ether oxygens (including phenoxy) is 5. The highest BCUT2D eigenvalue weighted by molar-refractivity contribution is 7.99. The Labute approximate surface area is 389 Å². The highest BCUT2D eigenvalue weighted by Crippen LogP contribution is 2.62. The molecule has 2 N–H and O–H groups in total. The zero-order valence-electron chi connectivity index (χ0n) is 37.1. The van der Waals surface area contributed by atoms with Gasteiger partial charge >= 0.3 is 0 Å². The molecule has 2 aliphatic heterocycles. The van der Waals surface area contributed by atoms with Gasteiger partial charge < -0.3 is 43.6 Å². The van der Waals surface area contributed by atoms with Gasteiger partial charge in [0, 0.05) is 66.5 Å². The molecule has 0 bridgehead atoms. The third kappa shape index (κ3) is 10.1. The second-order valence-electron chi connectivity index (χ2n) is 17.0. The Morgan fingerprint density at radius 3 is 2.48 bits per heavy atom. The van der Waals surface area contributed by atoms with Gasteiger partial charge in [-0.3, -0.25) is 14.9 Å². The molecule has 8 rings (SSSR count). The van der Waals surface area contributed by atoms with E-state index in [9.17, 15) is 25.1 Å². The highest BCUT2D eigenvalue weighted by Gasteiger charge is 2.65. The molecular formula is C51H57N3O11S. The van der Waals surface area contributed by atoms with E-state index in [2.05, 4.69) is 30.9 Å². The molecule has 0 spiro atoms. The summed E-state index contributed by atoms with van der Waals surface area (Å²) >= 11 is 1.72. The number of benzene rings is 4. The lowest BCUT2D eigenvalue weighted by molar-refractivity contribution is -0.384. The Morgan fingerprint density at radius 1 is 0.970 bits per heavy atom. The summed E-state index contributed by atoms with van der Waals surface area (Å²) in [5.74, 6) is 0.670. The fraction of sp³-hybridized carbons (Fsp3) is 0.412. The molecule has 6 unspecified atom stereocenters. The van der Waals surface area contributed by atoms with Crippen LogP contribution in [0.4, 0.5) is 5.69 Å². The lowest BCUT2D eigenvalue weighted by Crippen LogP contribution is -2.69. The molecule has 14 nitrogen and oxygen atoms in total. The lowest BCUT2D eigenvalue weighted by Gasteiger charge is -2.59. The molecule has 1 fully saturated rings. The van der Waals surface area contributed by atoms with Crippen LogP contribution in [-0.4, -0.2) is 89.5 Å². The molecule has 4 aromatic rings. The maximum Gasteiger partial charge on any atom is 0.269 e. The summed E-state index contributed by atoms with van der Waals surface area (Å²) < 4.78 is 32.0. The SMILES string of the molecule is C=CCOC12Oc3ccc(OCCSc4ccccc4)cc3C3C(CCCCO)C(CCCCO)C=C(C(=NOCc4ccc([N+](=O)[O-])cc4)CC1N(C)C(=O)c1ccc4c(c1)OCO4)C32. The first kappa shape index (κ1) is 46.7. The predicted molar refractivity (Wildman–Crippen MR) is 250 cm³/mol. The zero-order valence-corrected chi connectivity index (χ0v) is 37.9. The number of thioether (sulfide) groups is 1. The number of carbonyl (C=O) groups excluding carboxylic acids is 1. The van der Waals surface area contributed by atoms with Crippen LogP contribution in [0, 0.1) is 27.9 Å². The summed E-state index contributed by atoms with van der Waals surface area (Å²) in [6, 6.07) is 26.7. The molecule has 2 heterocycles. The van der Waals surface area contributed by atoms with Gasteiger partial charge in [0.1, 0.15) is 24.1 Å². The minimum Gasteiger partial charge on any atom is -0.493 e. The maximum atomic E-state index is 14.8. The second kappa shape index (κ2) is 21.6. The van der Waals surface area contributed by atoms with Crippen molar-refractivity contribution in [3.05, 3.63) is 142 Å². The van der Waals surface area contributed by atoms with Crippen LogP contribution in [0.3, 0.4) is 0 Å². The van der Waals surface area contributed by atoms with Gasteiger partial charge in [0.2, 0.25) is 12.6 Å². The fourth-order valence-corrected chi connectivity index (χ4v) is 10.7. The van der Waals surface area contributed by atoms with Crippen molar-refractivity contribution >= 4 is 29.1 Å². The van der Waals surface area contributed by atoms with E-state index in [1.807, 2.05) is 30.3 Å². The van der Waals surface area contributed by atoms with Crippen molar-refractivity contribution in [2.75, 3.05) is 46.0 Å². The molecule has 348 valence electrons. The molecule has 0 saturated heterocycles. The number of carbonyl (C=O) groups is 1. The van der Waals surface area contributed by atoms with Gasteiger partial charge in [0.15, 0.2) is 11.5 Å². The van der Waals surface area contributed by atoms with Gasteiger partial charge in [-0.2, -0.15) is 0 Å². The minimum atomic E-state index is -1.45. The van der Waals surface area contributed by atoms with E-state index in [-0.39, 0.29) is 69.0 Å². The van der Waals surface area contributed by atoms with Crippen LogP contribution in [0.1, 0.15) is 72.3 Å². The molecule has 1 amide bonds. The summed E-state index contributed by atoms with van der Waals surface area (Å²) in [7, 11) is 1.75. The fourth-order valence-electron chi connectivity index (χ4n) is 9.93. The lowest BCUT2D eigenvalue weighted by atomic mass is 9.55. The summed E-state index contributed by atoms with van der Waals surface area (Å²) in [6.45, 7) is 4.88. The zero-order chi connectivity index (χ0) is 46.0. The topological polar surface area (TPSA) is 172 Å².